The Hall–Kier alpha value is -1.37. The van der Waals surface area contributed by atoms with Gasteiger partial charge in [0, 0.05) is 0 Å². The zero-order valence-corrected chi connectivity index (χ0v) is 10.3. The van der Waals surface area contributed by atoms with Gasteiger partial charge in [-0.05, 0) is 17.3 Å². The van der Waals surface area contributed by atoms with Crippen LogP contribution in [0.3, 0.4) is 0 Å². The van der Waals surface area contributed by atoms with Crippen molar-refractivity contribution in [1.82, 2.24) is 20.6 Å². The topological polar surface area (TPSA) is 83.6 Å². The lowest BCUT2D eigenvalue weighted by Gasteiger charge is -2.06. The SMILES string of the molecule is O=C(Nc1cc(Cl)c(Cl)cc1Cl)c1nn[nH]n1. The number of carbonyl (C=O) groups excluding carboxylic acids is 1. The van der Waals surface area contributed by atoms with Crippen LogP contribution in [0.25, 0.3) is 0 Å². The molecule has 0 spiro atoms. The van der Waals surface area contributed by atoms with Crippen molar-refractivity contribution < 1.29 is 4.79 Å². The van der Waals surface area contributed by atoms with Gasteiger partial charge >= 0.3 is 0 Å². The minimum absolute atomic E-state index is 0.105. The summed E-state index contributed by atoms with van der Waals surface area (Å²) in [4.78, 5) is 11.6. The molecule has 0 radical (unpaired) electrons. The van der Waals surface area contributed by atoms with E-state index < -0.39 is 5.91 Å². The molecule has 0 saturated carbocycles. The molecule has 0 bridgehead atoms. The first-order chi connectivity index (χ1) is 8.08. The van der Waals surface area contributed by atoms with E-state index in [-0.39, 0.29) is 15.9 Å². The summed E-state index contributed by atoms with van der Waals surface area (Å²) in [6, 6.07) is 2.86. The second kappa shape index (κ2) is 4.87. The highest BCUT2D eigenvalue weighted by molar-refractivity contribution is 6.44. The molecule has 1 heterocycles. The molecule has 1 amide bonds. The molecule has 0 atom stereocenters. The fraction of sp³-hybridized carbons (Fsp3) is 0. The Morgan fingerprint density at radius 1 is 1.18 bits per heavy atom. The van der Waals surface area contributed by atoms with Crippen molar-refractivity contribution in [3.8, 4) is 0 Å². The smallest absolute Gasteiger partial charge is 0.297 e. The van der Waals surface area contributed by atoms with Gasteiger partial charge in [0.15, 0.2) is 0 Å². The molecule has 1 aromatic heterocycles. The van der Waals surface area contributed by atoms with Gasteiger partial charge in [0.1, 0.15) is 0 Å². The average molecular weight is 293 g/mol. The summed E-state index contributed by atoms with van der Waals surface area (Å²) in [6.45, 7) is 0. The van der Waals surface area contributed by atoms with Crippen molar-refractivity contribution in [2.24, 2.45) is 0 Å². The van der Waals surface area contributed by atoms with Crippen molar-refractivity contribution in [1.29, 1.82) is 0 Å². The van der Waals surface area contributed by atoms with Gasteiger partial charge < -0.3 is 5.32 Å². The zero-order valence-electron chi connectivity index (χ0n) is 8.04. The molecule has 0 aliphatic heterocycles. The second-order valence-corrected chi connectivity index (χ2v) is 4.16. The average Bonchev–Trinajstić information content (AvgIpc) is 2.79. The van der Waals surface area contributed by atoms with Crippen LogP contribution >= 0.6 is 34.8 Å². The van der Waals surface area contributed by atoms with E-state index >= 15 is 0 Å². The number of hydrogen-bond acceptors (Lipinski definition) is 4. The summed E-state index contributed by atoms with van der Waals surface area (Å²) in [6.07, 6.45) is 0. The maximum atomic E-state index is 11.6. The Kier molecular flexibility index (Phi) is 3.46. The van der Waals surface area contributed by atoms with Crippen molar-refractivity contribution in [2.75, 3.05) is 5.32 Å². The molecule has 6 nitrogen and oxygen atoms in total. The normalized spacial score (nSPS) is 10.3. The molecular formula is C8H4Cl3N5O. The number of H-pyrrole nitrogens is 1. The standard InChI is InChI=1S/C8H4Cl3N5O/c9-3-1-5(11)6(2-4(3)10)12-8(17)7-13-15-16-14-7/h1-2H,(H,12,17)(H,13,14,15,16). The molecule has 1 aromatic carbocycles. The summed E-state index contributed by atoms with van der Waals surface area (Å²) in [7, 11) is 0. The molecule has 2 aromatic rings. The third kappa shape index (κ3) is 2.66. The minimum atomic E-state index is -0.556. The number of hydrogen-bond donors (Lipinski definition) is 2. The van der Waals surface area contributed by atoms with Gasteiger partial charge in [-0.2, -0.15) is 5.21 Å². The van der Waals surface area contributed by atoms with Gasteiger partial charge in [-0.1, -0.05) is 34.8 Å². The molecule has 2 N–H and O–H groups in total. The second-order valence-electron chi connectivity index (χ2n) is 2.94. The fourth-order valence-electron chi connectivity index (χ4n) is 1.05. The highest BCUT2D eigenvalue weighted by Crippen LogP contribution is 2.32. The molecule has 88 valence electrons. The Bertz CT molecular complexity index is 557. The molecule has 0 aliphatic rings. The first-order valence-electron chi connectivity index (χ1n) is 4.27. The molecule has 0 saturated heterocycles. The molecule has 9 heteroatoms. The number of amides is 1. The van der Waals surface area contributed by atoms with E-state index in [1.54, 1.807) is 0 Å². The van der Waals surface area contributed by atoms with E-state index in [9.17, 15) is 4.79 Å². The number of nitrogens with one attached hydrogen (secondary N) is 2. The summed E-state index contributed by atoms with van der Waals surface area (Å²) in [5.41, 5.74) is 0.316. The van der Waals surface area contributed by atoms with E-state index in [1.165, 1.54) is 12.1 Å². The first kappa shape index (κ1) is 12.1. The summed E-state index contributed by atoms with van der Waals surface area (Å²) in [5, 5.41) is 15.8. The van der Waals surface area contributed by atoms with Gasteiger partial charge in [0.25, 0.3) is 11.7 Å². The van der Waals surface area contributed by atoms with Crippen LogP contribution in [-0.4, -0.2) is 26.5 Å². The monoisotopic (exact) mass is 291 g/mol. The highest BCUT2D eigenvalue weighted by atomic mass is 35.5. The summed E-state index contributed by atoms with van der Waals surface area (Å²) >= 11 is 17.4. The lowest BCUT2D eigenvalue weighted by Crippen LogP contribution is -2.14. The van der Waals surface area contributed by atoms with Crippen molar-refractivity contribution >= 4 is 46.4 Å². The summed E-state index contributed by atoms with van der Waals surface area (Å²) in [5.74, 6) is -0.661. The number of carbonyl (C=O) groups is 1. The van der Waals surface area contributed by atoms with Crippen LogP contribution in [0.2, 0.25) is 15.1 Å². The van der Waals surface area contributed by atoms with Crippen molar-refractivity contribution in [3.05, 3.63) is 33.0 Å². The van der Waals surface area contributed by atoms with Gasteiger partial charge in [-0.25, -0.2) is 0 Å². The number of aromatic amines is 1. The van der Waals surface area contributed by atoms with Crippen LogP contribution in [0.1, 0.15) is 10.6 Å². The first-order valence-corrected chi connectivity index (χ1v) is 5.40. The van der Waals surface area contributed by atoms with Gasteiger partial charge in [-0.3, -0.25) is 4.79 Å². The van der Waals surface area contributed by atoms with Crippen LogP contribution in [0.15, 0.2) is 12.1 Å². The van der Waals surface area contributed by atoms with Crippen molar-refractivity contribution in [2.45, 2.75) is 0 Å². The predicted molar refractivity (Wildman–Crippen MR) is 63.6 cm³/mol. The molecule has 0 unspecified atom stereocenters. The third-order valence-electron chi connectivity index (χ3n) is 1.81. The van der Waals surface area contributed by atoms with E-state index in [1.807, 2.05) is 0 Å². The van der Waals surface area contributed by atoms with Gasteiger partial charge in [-0.15, -0.1) is 10.2 Å². The van der Waals surface area contributed by atoms with Crippen molar-refractivity contribution in [3.63, 3.8) is 0 Å². The van der Waals surface area contributed by atoms with Crippen LogP contribution < -0.4 is 5.32 Å². The predicted octanol–water partition coefficient (Wildman–Crippen LogP) is 2.41. The van der Waals surface area contributed by atoms with Gasteiger partial charge in [0.2, 0.25) is 0 Å². The van der Waals surface area contributed by atoms with Crippen LogP contribution in [-0.2, 0) is 0 Å². The van der Waals surface area contributed by atoms with Gasteiger partial charge in [0.05, 0.1) is 20.8 Å². The maximum absolute atomic E-state index is 11.6. The lowest BCUT2D eigenvalue weighted by molar-refractivity contribution is 0.101. The number of anilines is 1. The van der Waals surface area contributed by atoms with Crippen LogP contribution in [0, 0.1) is 0 Å². The minimum Gasteiger partial charge on any atom is -0.318 e. The maximum Gasteiger partial charge on any atom is 0.297 e. The quantitative estimate of drug-likeness (QED) is 0.833. The zero-order chi connectivity index (χ0) is 12.4. The molecule has 0 fully saturated rings. The third-order valence-corrected chi connectivity index (χ3v) is 2.84. The Labute approximate surface area is 110 Å². The Morgan fingerprint density at radius 2 is 1.88 bits per heavy atom. The number of tetrazole rings is 1. The number of halogens is 3. The molecule has 17 heavy (non-hydrogen) atoms. The molecular weight excluding hydrogens is 288 g/mol. The van der Waals surface area contributed by atoms with Crippen LogP contribution in [0.4, 0.5) is 5.69 Å². The van der Waals surface area contributed by atoms with E-state index in [0.717, 1.165) is 0 Å². The number of aromatic nitrogens is 4. The summed E-state index contributed by atoms with van der Waals surface area (Å²) < 4.78 is 0. The largest absolute Gasteiger partial charge is 0.318 e. The Balaban J connectivity index is 2.25. The lowest BCUT2D eigenvalue weighted by atomic mass is 10.3. The number of rotatable bonds is 2. The molecule has 2 rings (SSSR count). The number of benzene rings is 1. The molecule has 0 aliphatic carbocycles. The van der Waals surface area contributed by atoms with E-state index in [4.69, 9.17) is 34.8 Å². The Morgan fingerprint density at radius 3 is 2.53 bits per heavy atom. The van der Waals surface area contributed by atoms with E-state index in [2.05, 4.69) is 25.9 Å². The highest BCUT2D eigenvalue weighted by Gasteiger charge is 2.14. The fourth-order valence-corrected chi connectivity index (χ4v) is 1.65. The van der Waals surface area contributed by atoms with Crippen LogP contribution in [0.5, 0.6) is 0 Å². The van der Waals surface area contributed by atoms with E-state index in [0.29, 0.717) is 10.7 Å². The number of nitrogens with zero attached hydrogens (tertiary/aromatic N) is 3.